The molecule has 4 atom stereocenters. The molecule has 3 N–H and O–H groups in total. The molecule has 3 rings (SSSR count). The van der Waals surface area contributed by atoms with Gasteiger partial charge < -0.3 is 15.8 Å². The third-order valence-electron chi connectivity index (χ3n) is 6.19. The number of carbonyl (C=O) groups is 6. The van der Waals surface area contributed by atoms with E-state index in [4.69, 9.17) is 10.5 Å². The van der Waals surface area contributed by atoms with Gasteiger partial charge in [-0.15, -0.1) is 0 Å². The molecule has 0 saturated carbocycles. The third-order valence-corrected chi connectivity index (χ3v) is 6.19. The van der Waals surface area contributed by atoms with Crippen LogP contribution in [0.5, 0.6) is 0 Å². The minimum Gasteiger partial charge on any atom is -0.467 e. The number of fused-ring (bicyclic) bond motifs is 1. The molecule has 0 aromatic heterocycles. The Kier molecular flexibility index (Phi) is 7.45. The van der Waals surface area contributed by atoms with E-state index < -0.39 is 59.5 Å². The molecule has 0 radical (unpaired) electrons. The predicted octanol–water partition coefficient (Wildman–Crippen LogP) is -0.169. The largest absolute Gasteiger partial charge is 0.467 e. The lowest BCUT2D eigenvalue weighted by molar-refractivity contribution is -0.154. The molecule has 0 bridgehead atoms. The van der Waals surface area contributed by atoms with E-state index in [0.717, 1.165) is 16.9 Å². The lowest BCUT2D eigenvalue weighted by atomic mass is 9.96. The maximum absolute atomic E-state index is 13.3. The number of imide groups is 2. The number of hydrogen-bond donors (Lipinski definition) is 2. The molecular formula is C23H28N4O7. The predicted molar refractivity (Wildman–Crippen MR) is 118 cm³/mol. The van der Waals surface area contributed by atoms with Crippen molar-refractivity contribution in [1.29, 1.82) is 0 Å². The number of carbonyl (C=O) groups excluding carboxylic acids is 6. The fourth-order valence-corrected chi connectivity index (χ4v) is 4.14. The van der Waals surface area contributed by atoms with Gasteiger partial charge in [0.15, 0.2) is 0 Å². The summed E-state index contributed by atoms with van der Waals surface area (Å²) in [5, 5.41) is 2.52. The van der Waals surface area contributed by atoms with Crippen molar-refractivity contribution >= 4 is 35.5 Å². The Balaban J connectivity index is 1.79. The summed E-state index contributed by atoms with van der Waals surface area (Å²) >= 11 is 0. The van der Waals surface area contributed by atoms with Gasteiger partial charge in [-0.05, 0) is 25.0 Å². The number of rotatable bonds is 8. The van der Waals surface area contributed by atoms with Gasteiger partial charge in [-0.25, -0.2) is 4.79 Å². The maximum Gasteiger partial charge on any atom is 0.328 e. The molecule has 1 saturated heterocycles. The lowest BCUT2D eigenvalue weighted by Gasteiger charge is -2.36. The smallest absolute Gasteiger partial charge is 0.328 e. The van der Waals surface area contributed by atoms with E-state index >= 15 is 0 Å². The molecule has 5 amide bonds. The van der Waals surface area contributed by atoms with Crippen LogP contribution in [0.2, 0.25) is 0 Å². The van der Waals surface area contributed by atoms with E-state index in [1.54, 1.807) is 26.0 Å². The SMILES string of the molecule is CCC(N)C(=O)N[C@H](C(=O)OC)C(C)CN1C(=O)CC[C@H](N2C(=O)c3ccccc3C2=O)C1=O. The van der Waals surface area contributed by atoms with Gasteiger partial charge in [0, 0.05) is 18.9 Å². The van der Waals surface area contributed by atoms with Crippen LogP contribution in [0, 0.1) is 5.92 Å². The number of hydrogen-bond acceptors (Lipinski definition) is 8. The highest BCUT2D eigenvalue weighted by molar-refractivity contribution is 6.23. The first-order chi connectivity index (χ1) is 16.1. The number of benzene rings is 1. The zero-order valence-electron chi connectivity index (χ0n) is 19.3. The second kappa shape index (κ2) is 10.1. The van der Waals surface area contributed by atoms with E-state index in [2.05, 4.69) is 5.32 Å². The average Bonchev–Trinajstić information content (AvgIpc) is 3.09. The van der Waals surface area contributed by atoms with Gasteiger partial charge in [-0.3, -0.25) is 33.8 Å². The molecule has 2 heterocycles. The second-order valence-corrected chi connectivity index (χ2v) is 8.42. The number of nitrogens with two attached hydrogens (primary N) is 1. The van der Waals surface area contributed by atoms with Gasteiger partial charge >= 0.3 is 5.97 Å². The van der Waals surface area contributed by atoms with Crippen molar-refractivity contribution < 1.29 is 33.5 Å². The second-order valence-electron chi connectivity index (χ2n) is 8.42. The molecule has 0 aliphatic carbocycles. The van der Waals surface area contributed by atoms with Crippen molar-refractivity contribution in [3.8, 4) is 0 Å². The van der Waals surface area contributed by atoms with Crippen LogP contribution in [0.4, 0.5) is 0 Å². The number of nitrogens with zero attached hydrogens (tertiary/aromatic N) is 2. The summed E-state index contributed by atoms with van der Waals surface area (Å²) in [6, 6.07) is 3.14. The number of piperidine rings is 1. The highest BCUT2D eigenvalue weighted by Crippen LogP contribution is 2.29. The molecule has 182 valence electrons. The van der Waals surface area contributed by atoms with E-state index in [1.165, 1.54) is 12.1 Å². The monoisotopic (exact) mass is 472 g/mol. The molecule has 2 aliphatic heterocycles. The summed E-state index contributed by atoms with van der Waals surface area (Å²) in [5.74, 6) is -4.43. The Morgan fingerprint density at radius 1 is 1.15 bits per heavy atom. The van der Waals surface area contributed by atoms with Crippen molar-refractivity contribution in [2.24, 2.45) is 11.7 Å². The van der Waals surface area contributed by atoms with Gasteiger partial charge in [0.25, 0.3) is 17.7 Å². The number of ether oxygens (including phenoxy) is 1. The molecule has 11 heteroatoms. The summed E-state index contributed by atoms with van der Waals surface area (Å²) < 4.78 is 4.78. The highest BCUT2D eigenvalue weighted by atomic mass is 16.5. The molecule has 2 aliphatic rings. The normalized spacial score (nSPS) is 20.6. The molecule has 11 nitrogen and oxygen atoms in total. The van der Waals surface area contributed by atoms with Crippen molar-refractivity contribution in [3.05, 3.63) is 35.4 Å². The lowest BCUT2D eigenvalue weighted by Crippen LogP contribution is -2.59. The van der Waals surface area contributed by atoms with Crippen LogP contribution >= 0.6 is 0 Å². The molecule has 2 unspecified atom stereocenters. The summed E-state index contributed by atoms with van der Waals surface area (Å²) in [5.41, 5.74) is 6.15. The van der Waals surface area contributed by atoms with Crippen molar-refractivity contribution in [2.45, 2.75) is 51.2 Å². The Labute approximate surface area is 196 Å². The van der Waals surface area contributed by atoms with Crippen LogP contribution in [0.3, 0.4) is 0 Å². The highest BCUT2D eigenvalue weighted by Gasteiger charge is 2.47. The standard InChI is InChI=1S/C23H28N4O7/c1-4-15(24)19(29)25-18(23(33)34-3)12(2)11-26-17(28)10-9-16(22(26)32)27-20(30)13-7-5-6-8-14(13)21(27)31/h5-8,12,15-16,18H,4,9-11,24H2,1-3H3,(H,25,29)/t12?,15?,16-,18-/m0/s1. The van der Waals surface area contributed by atoms with E-state index in [0.29, 0.717) is 6.42 Å². The first kappa shape index (κ1) is 25.0. The summed E-state index contributed by atoms with van der Waals surface area (Å²) in [4.78, 5) is 78.0. The van der Waals surface area contributed by atoms with Crippen LogP contribution in [0.15, 0.2) is 24.3 Å². The number of amides is 5. The Hall–Kier alpha value is -3.60. The Morgan fingerprint density at radius 2 is 1.74 bits per heavy atom. The fourth-order valence-electron chi connectivity index (χ4n) is 4.14. The van der Waals surface area contributed by atoms with Crippen LogP contribution in [0.25, 0.3) is 0 Å². The molecular weight excluding hydrogens is 444 g/mol. The fraction of sp³-hybridized carbons (Fsp3) is 0.478. The van der Waals surface area contributed by atoms with Crippen LogP contribution in [-0.2, 0) is 23.9 Å². The molecule has 1 aromatic carbocycles. The van der Waals surface area contributed by atoms with Crippen molar-refractivity contribution in [2.75, 3.05) is 13.7 Å². The van der Waals surface area contributed by atoms with E-state index in [-0.39, 0.29) is 30.5 Å². The summed E-state index contributed by atoms with van der Waals surface area (Å²) in [6.45, 7) is 3.07. The zero-order chi connectivity index (χ0) is 25.2. The minimum absolute atomic E-state index is 0.0105. The average molecular weight is 472 g/mol. The molecule has 1 fully saturated rings. The van der Waals surface area contributed by atoms with E-state index in [9.17, 15) is 28.8 Å². The van der Waals surface area contributed by atoms with Gasteiger partial charge in [-0.1, -0.05) is 26.0 Å². The van der Waals surface area contributed by atoms with E-state index in [1.807, 2.05) is 0 Å². The first-order valence-electron chi connectivity index (χ1n) is 11.1. The summed E-state index contributed by atoms with van der Waals surface area (Å²) in [6.07, 6.45) is 0.294. The topological polar surface area (TPSA) is 156 Å². The van der Waals surface area contributed by atoms with Gasteiger partial charge in [0.1, 0.15) is 12.1 Å². The molecule has 1 aromatic rings. The third kappa shape index (κ3) is 4.56. The Bertz CT molecular complexity index is 1000. The van der Waals surface area contributed by atoms with Crippen molar-refractivity contribution in [1.82, 2.24) is 15.1 Å². The maximum atomic E-state index is 13.3. The van der Waals surface area contributed by atoms with Gasteiger partial charge in [-0.2, -0.15) is 0 Å². The number of esters is 1. The number of methoxy groups -OCH3 is 1. The van der Waals surface area contributed by atoms with Crippen LogP contribution < -0.4 is 11.1 Å². The summed E-state index contributed by atoms with van der Waals surface area (Å²) in [7, 11) is 1.16. The molecule has 0 spiro atoms. The molecule has 34 heavy (non-hydrogen) atoms. The number of likely N-dealkylation sites (tertiary alicyclic amines) is 1. The Morgan fingerprint density at radius 3 is 2.26 bits per heavy atom. The van der Waals surface area contributed by atoms with Gasteiger partial charge in [0.2, 0.25) is 11.8 Å². The van der Waals surface area contributed by atoms with Crippen LogP contribution in [-0.4, -0.2) is 77.1 Å². The number of nitrogens with one attached hydrogen (secondary N) is 1. The van der Waals surface area contributed by atoms with Crippen LogP contribution in [0.1, 0.15) is 53.8 Å². The quantitative estimate of drug-likeness (QED) is 0.390. The zero-order valence-corrected chi connectivity index (χ0v) is 19.3. The van der Waals surface area contributed by atoms with Crippen molar-refractivity contribution in [3.63, 3.8) is 0 Å². The van der Waals surface area contributed by atoms with Gasteiger partial charge in [0.05, 0.1) is 24.3 Å². The minimum atomic E-state index is -1.16. The first-order valence-corrected chi connectivity index (χ1v) is 11.1.